The molecule has 7 nitrogen and oxygen atoms in total. The summed E-state index contributed by atoms with van der Waals surface area (Å²) in [7, 11) is 0. The number of aromatic nitrogens is 5. The lowest BCUT2D eigenvalue weighted by atomic mass is 10.1. The first-order valence-corrected chi connectivity index (χ1v) is 9.24. The minimum Gasteiger partial charge on any atom is -0.307 e. The second-order valence-corrected chi connectivity index (χ2v) is 7.15. The maximum atomic E-state index is 12.4. The van der Waals surface area contributed by atoms with Crippen molar-refractivity contribution in [2.45, 2.75) is 20.0 Å². The first-order valence-electron chi connectivity index (χ1n) is 8.45. The molecule has 4 aromatic rings. The topological polar surface area (TPSA) is 77.6 Å². The van der Waals surface area contributed by atoms with Crippen LogP contribution in [-0.2, 0) is 17.9 Å². The number of aryl methyl sites for hydroxylation is 1. The van der Waals surface area contributed by atoms with Gasteiger partial charge in [-0.25, -0.2) is 4.68 Å². The number of carbonyl (C=O) groups excluding carboxylic acids is 1. The molecule has 0 unspecified atom stereocenters. The second-order valence-electron chi connectivity index (χ2n) is 6.29. The van der Waals surface area contributed by atoms with E-state index in [9.17, 15) is 4.79 Å². The van der Waals surface area contributed by atoms with Gasteiger partial charge in [-0.2, -0.15) is 5.10 Å². The molecule has 0 aliphatic heterocycles. The summed E-state index contributed by atoms with van der Waals surface area (Å²) in [6.07, 6.45) is 1.85. The number of hydrogen-bond donors (Lipinski definition) is 1. The number of carbonyl (C=O) groups is 1. The Balaban J connectivity index is 1.45. The highest BCUT2D eigenvalue weighted by Crippen LogP contribution is 2.21. The van der Waals surface area contributed by atoms with E-state index < -0.39 is 0 Å². The highest BCUT2D eigenvalue weighted by Gasteiger charge is 2.13. The Labute approximate surface area is 164 Å². The molecule has 2 heterocycles. The summed E-state index contributed by atoms with van der Waals surface area (Å²) < 4.78 is 4.09. The standard InChI is InChI=1S/C19H17BrN6O/c1-13-6-8-14(9-7-13)10-25-11-15(20)19(23-25)21-18(27)12-26-17-5-3-2-4-16(17)22-24-26/h2-9,11H,10,12H2,1H3,(H,21,23,27). The third-order valence-corrected chi connectivity index (χ3v) is 4.73. The van der Waals surface area contributed by atoms with Crippen LogP contribution in [0.3, 0.4) is 0 Å². The molecule has 2 aromatic carbocycles. The monoisotopic (exact) mass is 424 g/mol. The fourth-order valence-corrected chi connectivity index (χ4v) is 3.20. The molecule has 27 heavy (non-hydrogen) atoms. The largest absolute Gasteiger partial charge is 0.307 e. The number of anilines is 1. The number of nitrogens with one attached hydrogen (secondary N) is 1. The molecule has 4 rings (SSSR count). The number of rotatable bonds is 5. The Bertz CT molecular complexity index is 1100. The van der Waals surface area contributed by atoms with Crippen LogP contribution in [0.2, 0.25) is 0 Å². The summed E-state index contributed by atoms with van der Waals surface area (Å²) in [5.41, 5.74) is 3.93. The Kier molecular flexibility index (Phi) is 4.72. The number of halogens is 1. The van der Waals surface area contributed by atoms with E-state index in [0.717, 1.165) is 21.1 Å². The molecule has 0 atom stereocenters. The number of benzene rings is 2. The van der Waals surface area contributed by atoms with Crippen LogP contribution in [0.5, 0.6) is 0 Å². The van der Waals surface area contributed by atoms with Crippen LogP contribution in [0.1, 0.15) is 11.1 Å². The van der Waals surface area contributed by atoms with Crippen molar-refractivity contribution in [2.24, 2.45) is 0 Å². The van der Waals surface area contributed by atoms with Crippen LogP contribution in [-0.4, -0.2) is 30.7 Å². The summed E-state index contributed by atoms with van der Waals surface area (Å²) in [5.74, 6) is 0.267. The fourth-order valence-electron chi connectivity index (χ4n) is 2.79. The molecular weight excluding hydrogens is 408 g/mol. The van der Waals surface area contributed by atoms with Crippen molar-refractivity contribution < 1.29 is 4.79 Å². The van der Waals surface area contributed by atoms with Gasteiger partial charge in [0.15, 0.2) is 5.82 Å². The Morgan fingerprint density at radius 1 is 1.15 bits per heavy atom. The minimum atomic E-state index is -0.216. The number of amides is 1. The molecule has 0 aliphatic carbocycles. The molecule has 2 aromatic heterocycles. The van der Waals surface area contributed by atoms with Crippen molar-refractivity contribution in [1.82, 2.24) is 24.8 Å². The van der Waals surface area contributed by atoms with E-state index in [1.807, 2.05) is 30.5 Å². The van der Waals surface area contributed by atoms with Crippen LogP contribution >= 0.6 is 15.9 Å². The SMILES string of the molecule is Cc1ccc(Cn2cc(Br)c(NC(=O)Cn3nnc4ccccc43)n2)cc1. The quantitative estimate of drug-likeness (QED) is 0.532. The van der Waals surface area contributed by atoms with Crippen LogP contribution in [0.4, 0.5) is 5.82 Å². The van der Waals surface area contributed by atoms with Gasteiger partial charge in [-0.05, 0) is 40.5 Å². The summed E-state index contributed by atoms with van der Waals surface area (Å²) in [6.45, 7) is 2.75. The number of para-hydroxylation sites is 1. The van der Waals surface area contributed by atoms with E-state index in [1.54, 1.807) is 9.36 Å². The first-order chi connectivity index (χ1) is 13.1. The predicted molar refractivity (Wildman–Crippen MR) is 106 cm³/mol. The lowest BCUT2D eigenvalue weighted by molar-refractivity contribution is -0.116. The van der Waals surface area contributed by atoms with Gasteiger partial charge in [-0.1, -0.05) is 47.2 Å². The number of fused-ring (bicyclic) bond motifs is 1. The summed E-state index contributed by atoms with van der Waals surface area (Å²) in [6, 6.07) is 15.8. The molecule has 0 fully saturated rings. The van der Waals surface area contributed by atoms with Crippen molar-refractivity contribution in [3.63, 3.8) is 0 Å². The van der Waals surface area contributed by atoms with Gasteiger partial charge in [-0.15, -0.1) is 5.10 Å². The average Bonchev–Trinajstić information content (AvgIpc) is 3.21. The van der Waals surface area contributed by atoms with Gasteiger partial charge in [-0.3, -0.25) is 9.48 Å². The Hall–Kier alpha value is -3.00. The van der Waals surface area contributed by atoms with E-state index >= 15 is 0 Å². The average molecular weight is 425 g/mol. The Morgan fingerprint density at radius 3 is 2.74 bits per heavy atom. The van der Waals surface area contributed by atoms with E-state index in [1.165, 1.54) is 5.56 Å². The lowest BCUT2D eigenvalue weighted by Crippen LogP contribution is -2.20. The minimum absolute atomic E-state index is 0.0672. The van der Waals surface area contributed by atoms with Gasteiger partial charge >= 0.3 is 0 Å². The van der Waals surface area contributed by atoms with Gasteiger partial charge in [0.25, 0.3) is 0 Å². The molecule has 0 saturated heterocycles. The van der Waals surface area contributed by atoms with Crippen molar-refractivity contribution in [3.8, 4) is 0 Å². The molecule has 136 valence electrons. The van der Waals surface area contributed by atoms with Crippen molar-refractivity contribution in [1.29, 1.82) is 0 Å². The summed E-state index contributed by atoms with van der Waals surface area (Å²) >= 11 is 3.46. The first kappa shape index (κ1) is 17.4. The molecular formula is C19H17BrN6O. The maximum absolute atomic E-state index is 12.4. The highest BCUT2D eigenvalue weighted by molar-refractivity contribution is 9.10. The van der Waals surface area contributed by atoms with E-state index in [0.29, 0.717) is 12.4 Å². The van der Waals surface area contributed by atoms with Gasteiger partial charge in [0, 0.05) is 6.20 Å². The lowest BCUT2D eigenvalue weighted by Gasteiger charge is -2.04. The zero-order valence-corrected chi connectivity index (χ0v) is 16.2. The Morgan fingerprint density at radius 2 is 1.93 bits per heavy atom. The maximum Gasteiger partial charge on any atom is 0.247 e. The molecule has 0 saturated carbocycles. The molecule has 0 spiro atoms. The summed E-state index contributed by atoms with van der Waals surface area (Å²) in [4.78, 5) is 12.4. The number of nitrogens with zero attached hydrogens (tertiary/aromatic N) is 5. The molecule has 0 radical (unpaired) electrons. The molecule has 1 amide bonds. The van der Waals surface area contributed by atoms with Crippen molar-refractivity contribution in [3.05, 3.63) is 70.3 Å². The third-order valence-electron chi connectivity index (χ3n) is 4.15. The van der Waals surface area contributed by atoms with Crippen molar-refractivity contribution >= 4 is 38.7 Å². The van der Waals surface area contributed by atoms with Crippen molar-refractivity contribution in [2.75, 3.05) is 5.32 Å². The fraction of sp³-hybridized carbons (Fsp3) is 0.158. The smallest absolute Gasteiger partial charge is 0.247 e. The highest BCUT2D eigenvalue weighted by atomic mass is 79.9. The van der Waals surface area contributed by atoms with E-state index in [2.05, 4.69) is 67.8 Å². The van der Waals surface area contributed by atoms with E-state index in [-0.39, 0.29) is 12.5 Å². The molecule has 8 heteroatoms. The van der Waals surface area contributed by atoms with Crippen LogP contribution < -0.4 is 5.32 Å². The third kappa shape index (κ3) is 3.90. The molecule has 0 aliphatic rings. The summed E-state index contributed by atoms with van der Waals surface area (Å²) in [5, 5.41) is 15.4. The van der Waals surface area contributed by atoms with Gasteiger partial charge in [0.2, 0.25) is 5.91 Å². The zero-order chi connectivity index (χ0) is 18.8. The second kappa shape index (κ2) is 7.32. The molecule has 1 N–H and O–H groups in total. The van der Waals surface area contributed by atoms with Gasteiger partial charge in [0.05, 0.1) is 16.5 Å². The number of hydrogen-bond acceptors (Lipinski definition) is 4. The molecule has 0 bridgehead atoms. The van der Waals surface area contributed by atoms with E-state index in [4.69, 9.17) is 0 Å². The van der Waals surface area contributed by atoms with Crippen LogP contribution in [0.25, 0.3) is 11.0 Å². The zero-order valence-electron chi connectivity index (χ0n) is 14.6. The van der Waals surface area contributed by atoms with Crippen LogP contribution in [0, 0.1) is 6.92 Å². The normalized spacial score (nSPS) is 11.0. The van der Waals surface area contributed by atoms with Gasteiger partial charge in [0.1, 0.15) is 12.1 Å². The van der Waals surface area contributed by atoms with Crippen LogP contribution in [0.15, 0.2) is 59.2 Å². The predicted octanol–water partition coefficient (Wildman–Crippen LogP) is 3.39. The van der Waals surface area contributed by atoms with Gasteiger partial charge < -0.3 is 5.32 Å².